The second-order valence-corrected chi connectivity index (χ2v) is 4.60. The van der Waals surface area contributed by atoms with Crippen molar-refractivity contribution in [3.05, 3.63) is 47.0 Å². The lowest BCUT2D eigenvalue weighted by Crippen LogP contribution is -2.27. The molecule has 0 amide bonds. The van der Waals surface area contributed by atoms with Gasteiger partial charge in [0.15, 0.2) is 0 Å². The lowest BCUT2D eigenvalue weighted by Gasteiger charge is -2.15. The van der Waals surface area contributed by atoms with Crippen molar-refractivity contribution in [2.45, 2.75) is 25.3 Å². The minimum Gasteiger partial charge on any atom is -0.317 e. The third-order valence-corrected chi connectivity index (χ3v) is 2.99. The summed E-state index contributed by atoms with van der Waals surface area (Å²) in [6.07, 6.45) is 5.26. The van der Waals surface area contributed by atoms with Crippen LogP contribution in [0.1, 0.15) is 18.4 Å². The van der Waals surface area contributed by atoms with Crippen molar-refractivity contribution in [3.63, 3.8) is 0 Å². The third-order valence-electron chi connectivity index (χ3n) is 2.50. The van der Waals surface area contributed by atoms with Gasteiger partial charge in [-0.25, -0.2) is 0 Å². The zero-order valence-corrected chi connectivity index (χ0v) is 10.8. The Bertz CT molecular complexity index is 309. The van der Waals surface area contributed by atoms with Crippen molar-refractivity contribution in [3.8, 4) is 0 Å². The number of halogens is 1. The van der Waals surface area contributed by atoms with Gasteiger partial charge in [-0.05, 0) is 44.0 Å². The standard InChI is InChI=1S/C13H18BrN/c1-3-4-8-13(15-2)10-11-6-5-7-12(14)9-11/h3,5-7,9,13,15H,1,4,8,10H2,2H3. The molecule has 1 atom stereocenters. The molecule has 0 fully saturated rings. The summed E-state index contributed by atoms with van der Waals surface area (Å²) >= 11 is 3.49. The maximum absolute atomic E-state index is 3.75. The third kappa shape index (κ3) is 4.63. The first-order valence-corrected chi connectivity index (χ1v) is 6.08. The molecule has 0 bridgehead atoms. The number of hydrogen-bond acceptors (Lipinski definition) is 1. The largest absolute Gasteiger partial charge is 0.317 e. The van der Waals surface area contributed by atoms with Crippen molar-refractivity contribution in [2.75, 3.05) is 7.05 Å². The highest BCUT2D eigenvalue weighted by Gasteiger charge is 2.06. The van der Waals surface area contributed by atoms with E-state index >= 15 is 0 Å². The molecule has 0 spiro atoms. The van der Waals surface area contributed by atoms with E-state index in [0.717, 1.165) is 23.7 Å². The first-order chi connectivity index (χ1) is 7.26. The van der Waals surface area contributed by atoms with E-state index in [9.17, 15) is 0 Å². The van der Waals surface area contributed by atoms with Crippen LogP contribution in [0.3, 0.4) is 0 Å². The highest BCUT2D eigenvalue weighted by Crippen LogP contribution is 2.14. The first kappa shape index (κ1) is 12.5. The molecule has 1 N–H and O–H groups in total. The fourth-order valence-electron chi connectivity index (χ4n) is 1.62. The second kappa shape index (κ2) is 6.81. The SMILES string of the molecule is C=CCCC(Cc1cccc(Br)c1)NC. The molecule has 1 aromatic rings. The van der Waals surface area contributed by atoms with Gasteiger partial charge < -0.3 is 5.32 Å². The topological polar surface area (TPSA) is 12.0 Å². The van der Waals surface area contributed by atoms with E-state index < -0.39 is 0 Å². The lowest BCUT2D eigenvalue weighted by atomic mass is 10.0. The molecular formula is C13H18BrN. The predicted octanol–water partition coefficient (Wildman–Crippen LogP) is 3.55. The molecule has 0 aliphatic carbocycles. The van der Waals surface area contributed by atoms with Gasteiger partial charge in [0.2, 0.25) is 0 Å². The van der Waals surface area contributed by atoms with Crippen LogP contribution in [0.5, 0.6) is 0 Å². The van der Waals surface area contributed by atoms with Crippen LogP contribution in [-0.2, 0) is 6.42 Å². The zero-order valence-electron chi connectivity index (χ0n) is 9.17. The van der Waals surface area contributed by atoms with Crippen LogP contribution in [0.2, 0.25) is 0 Å². The molecule has 1 rings (SSSR count). The normalized spacial score (nSPS) is 12.4. The zero-order chi connectivity index (χ0) is 11.1. The van der Waals surface area contributed by atoms with Crippen LogP contribution in [0.4, 0.5) is 0 Å². The molecule has 82 valence electrons. The van der Waals surface area contributed by atoms with Gasteiger partial charge in [0.25, 0.3) is 0 Å². The Hall–Kier alpha value is -0.600. The highest BCUT2D eigenvalue weighted by atomic mass is 79.9. The summed E-state index contributed by atoms with van der Waals surface area (Å²) in [7, 11) is 2.02. The number of benzene rings is 1. The Labute approximate surface area is 101 Å². The molecule has 0 aromatic heterocycles. The Morgan fingerprint density at radius 1 is 1.53 bits per heavy atom. The minimum absolute atomic E-state index is 0.539. The van der Waals surface area contributed by atoms with E-state index in [1.165, 1.54) is 5.56 Å². The van der Waals surface area contributed by atoms with Crippen molar-refractivity contribution in [2.24, 2.45) is 0 Å². The average molecular weight is 268 g/mol. The summed E-state index contributed by atoms with van der Waals surface area (Å²) in [5, 5.41) is 3.34. The van der Waals surface area contributed by atoms with Crippen molar-refractivity contribution in [1.29, 1.82) is 0 Å². The van der Waals surface area contributed by atoms with E-state index in [0.29, 0.717) is 6.04 Å². The first-order valence-electron chi connectivity index (χ1n) is 5.29. The van der Waals surface area contributed by atoms with E-state index in [-0.39, 0.29) is 0 Å². The number of likely N-dealkylation sites (N-methyl/N-ethyl adjacent to an activating group) is 1. The minimum atomic E-state index is 0.539. The van der Waals surface area contributed by atoms with Crippen LogP contribution in [0.25, 0.3) is 0 Å². The van der Waals surface area contributed by atoms with Crippen molar-refractivity contribution >= 4 is 15.9 Å². The molecule has 0 aliphatic heterocycles. The van der Waals surface area contributed by atoms with E-state index in [4.69, 9.17) is 0 Å². The fourth-order valence-corrected chi connectivity index (χ4v) is 2.06. The molecule has 0 saturated carbocycles. The molecule has 0 saturated heterocycles. The van der Waals surface area contributed by atoms with Gasteiger partial charge in [-0.3, -0.25) is 0 Å². The number of rotatable bonds is 6. The Morgan fingerprint density at radius 2 is 2.33 bits per heavy atom. The molecule has 1 aromatic carbocycles. The van der Waals surface area contributed by atoms with Crippen molar-refractivity contribution in [1.82, 2.24) is 5.32 Å². The summed E-state index contributed by atoms with van der Waals surface area (Å²) in [5.41, 5.74) is 1.37. The maximum atomic E-state index is 3.75. The van der Waals surface area contributed by atoms with E-state index in [1.54, 1.807) is 0 Å². The Kier molecular flexibility index (Phi) is 5.66. The molecule has 0 radical (unpaired) electrons. The summed E-state index contributed by atoms with van der Waals surface area (Å²) in [5.74, 6) is 0. The second-order valence-electron chi connectivity index (χ2n) is 3.69. The monoisotopic (exact) mass is 267 g/mol. The molecule has 1 unspecified atom stereocenters. The van der Waals surface area contributed by atoms with Crippen LogP contribution < -0.4 is 5.32 Å². The number of nitrogens with one attached hydrogen (secondary N) is 1. The quantitative estimate of drug-likeness (QED) is 0.778. The van der Waals surface area contributed by atoms with Crippen LogP contribution in [-0.4, -0.2) is 13.1 Å². The summed E-state index contributed by atoms with van der Waals surface area (Å²) < 4.78 is 1.15. The summed E-state index contributed by atoms with van der Waals surface area (Å²) in [6.45, 7) is 3.75. The molecule has 2 heteroatoms. The van der Waals surface area contributed by atoms with E-state index in [2.05, 4.69) is 52.1 Å². The molecule has 0 aliphatic rings. The molecular weight excluding hydrogens is 250 g/mol. The van der Waals surface area contributed by atoms with Crippen LogP contribution >= 0.6 is 15.9 Å². The number of allylic oxidation sites excluding steroid dienone is 1. The van der Waals surface area contributed by atoms with Gasteiger partial charge in [0, 0.05) is 10.5 Å². The smallest absolute Gasteiger partial charge is 0.0178 e. The fraction of sp³-hybridized carbons (Fsp3) is 0.385. The number of hydrogen-bond donors (Lipinski definition) is 1. The average Bonchev–Trinajstić information content (AvgIpc) is 2.24. The summed E-state index contributed by atoms with van der Waals surface area (Å²) in [6, 6.07) is 9.03. The molecule has 15 heavy (non-hydrogen) atoms. The maximum Gasteiger partial charge on any atom is 0.0178 e. The van der Waals surface area contributed by atoms with Crippen molar-refractivity contribution < 1.29 is 0 Å². The molecule has 0 heterocycles. The van der Waals surface area contributed by atoms with Crippen LogP contribution in [0, 0.1) is 0 Å². The van der Waals surface area contributed by atoms with Gasteiger partial charge in [0.05, 0.1) is 0 Å². The van der Waals surface area contributed by atoms with Gasteiger partial charge >= 0.3 is 0 Å². The highest BCUT2D eigenvalue weighted by molar-refractivity contribution is 9.10. The van der Waals surface area contributed by atoms with Gasteiger partial charge in [-0.15, -0.1) is 6.58 Å². The Balaban J connectivity index is 2.54. The summed E-state index contributed by atoms with van der Waals surface area (Å²) in [4.78, 5) is 0. The van der Waals surface area contributed by atoms with Gasteiger partial charge in [-0.1, -0.05) is 34.1 Å². The van der Waals surface area contributed by atoms with Gasteiger partial charge in [-0.2, -0.15) is 0 Å². The van der Waals surface area contributed by atoms with E-state index in [1.807, 2.05) is 13.1 Å². The Morgan fingerprint density at radius 3 is 2.93 bits per heavy atom. The van der Waals surface area contributed by atoms with Crippen LogP contribution in [0.15, 0.2) is 41.4 Å². The molecule has 1 nitrogen and oxygen atoms in total. The van der Waals surface area contributed by atoms with Gasteiger partial charge in [0.1, 0.15) is 0 Å². The predicted molar refractivity (Wildman–Crippen MR) is 70.1 cm³/mol. The lowest BCUT2D eigenvalue weighted by molar-refractivity contribution is 0.524.